The van der Waals surface area contributed by atoms with Crippen LogP contribution in [0.5, 0.6) is 0 Å². The standard InChI is InChI=1S/C25H25NS/c1-16-6-8-18(9-7-16)24-15-22-23(27-24)11-10-21(26-22)19-12-17(2)13-20(14-19)25(3,4)5/h6-15H,1-5H3. The van der Waals surface area contributed by atoms with Gasteiger partial charge in [-0.05, 0) is 60.7 Å². The van der Waals surface area contributed by atoms with Crippen LogP contribution < -0.4 is 0 Å². The van der Waals surface area contributed by atoms with E-state index in [-0.39, 0.29) is 5.41 Å². The Bertz CT molecular complexity index is 1110. The molecule has 0 atom stereocenters. The number of benzene rings is 2. The monoisotopic (exact) mass is 371 g/mol. The van der Waals surface area contributed by atoms with Gasteiger partial charge in [-0.25, -0.2) is 4.98 Å². The van der Waals surface area contributed by atoms with Crippen molar-refractivity contribution in [2.45, 2.75) is 40.0 Å². The lowest BCUT2D eigenvalue weighted by atomic mass is 9.85. The maximum absolute atomic E-state index is 4.98. The van der Waals surface area contributed by atoms with Gasteiger partial charge in [-0.2, -0.15) is 0 Å². The minimum Gasteiger partial charge on any atom is -0.247 e. The van der Waals surface area contributed by atoms with E-state index in [1.54, 1.807) is 0 Å². The molecule has 0 N–H and O–H groups in total. The van der Waals surface area contributed by atoms with E-state index >= 15 is 0 Å². The molecule has 0 aliphatic rings. The van der Waals surface area contributed by atoms with Gasteiger partial charge in [-0.1, -0.05) is 62.2 Å². The van der Waals surface area contributed by atoms with E-state index in [1.165, 1.54) is 37.4 Å². The Morgan fingerprint density at radius 2 is 1.48 bits per heavy atom. The first-order chi connectivity index (χ1) is 12.8. The fourth-order valence-electron chi connectivity index (χ4n) is 3.31. The average Bonchev–Trinajstić information content (AvgIpc) is 3.04. The summed E-state index contributed by atoms with van der Waals surface area (Å²) in [6.07, 6.45) is 0. The molecule has 1 nitrogen and oxygen atoms in total. The Balaban J connectivity index is 1.78. The molecule has 0 fully saturated rings. The zero-order chi connectivity index (χ0) is 19.2. The summed E-state index contributed by atoms with van der Waals surface area (Å²) in [6, 6.07) is 22.1. The van der Waals surface area contributed by atoms with Gasteiger partial charge < -0.3 is 0 Å². The van der Waals surface area contributed by atoms with Crippen molar-refractivity contribution in [3.05, 3.63) is 77.4 Å². The third-order valence-electron chi connectivity index (χ3n) is 4.95. The Morgan fingerprint density at radius 3 is 2.19 bits per heavy atom. The van der Waals surface area contributed by atoms with E-state index in [2.05, 4.69) is 95.3 Å². The molecule has 2 heteroatoms. The molecule has 2 aromatic heterocycles. The van der Waals surface area contributed by atoms with E-state index in [1.807, 2.05) is 11.3 Å². The molecule has 0 saturated carbocycles. The quantitative estimate of drug-likeness (QED) is 0.354. The second kappa shape index (κ2) is 6.61. The van der Waals surface area contributed by atoms with Crippen molar-refractivity contribution in [2.24, 2.45) is 0 Å². The molecule has 0 unspecified atom stereocenters. The molecule has 0 aliphatic heterocycles. The summed E-state index contributed by atoms with van der Waals surface area (Å²) in [5.74, 6) is 0. The van der Waals surface area contributed by atoms with Crippen LogP contribution in [0.1, 0.15) is 37.5 Å². The van der Waals surface area contributed by atoms with Crippen LogP contribution in [0.15, 0.2) is 60.7 Å². The number of fused-ring (bicyclic) bond motifs is 1. The lowest BCUT2D eigenvalue weighted by molar-refractivity contribution is 0.590. The molecular formula is C25H25NS. The fraction of sp³-hybridized carbons (Fsp3) is 0.240. The third-order valence-corrected chi connectivity index (χ3v) is 6.09. The van der Waals surface area contributed by atoms with E-state index in [4.69, 9.17) is 4.98 Å². The second-order valence-electron chi connectivity index (χ2n) is 8.39. The van der Waals surface area contributed by atoms with Gasteiger partial charge >= 0.3 is 0 Å². The van der Waals surface area contributed by atoms with Gasteiger partial charge in [0.05, 0.1) is 15.9 Å². The first kappa shape index (κ1) is 17.9. The van der Waals surface area contributed by atoms with Gasteiger partial charge in [-0.3, -0.25) is 0 Å². The van der Waals surface area contributed by atoms with Crippen LogP contribution >= 0.6 is 11.3 Å². The maximum atomic E-state index is 4.98. The molecule has 4 rings (SSSR count). The maximum Gasteiger partial charge on any atom is 0.0823 e. The van der Waals surface area contributed by atoms with Crippen LogP contribution in [-0.4, -0.2) is 4.98 Å². The summed E-state index contributed by atoms with van der Waals surface area (Å²) in [4.78, 5) is 6.26. The van der Waals surface area contributed by atoms with Crippen LogP contribution in [0.25, 0.3) is 31.9 Å². The number of hydrogen-bond donors (Lipinski definition) is 0. The van der Waals surface area contributed by atoms with Crippen LogP contribution in [0.3, 0.4) is 0 Å². The fourth-order valence-corrected chi connectivity index (χ4v) is 4.32. The molecule has 2 heterocycles. The Labute approximate surface area is 165 Å². The highest BCUT2D eigenvalue weighted by molar-refractivity contribution is 7.22. The molecule has 0 radical (unpaired) electrons. The normalized spacial score (nSPS) is 11.9. The summed E-state index contributed by atoms with van der Waals surface area (Å²) >= 11 is 1.81. The molecule has 136 valence electrons. The van der Waals surface area contributed by atoms with Gasteiger partial charge in [0.1, 0.15) is 0 Å². The Kier molecular flexibility index (Phi) is 4.39. The second-order valence-corrected chi connectivity index (χ2v) is 9.48. The van der Waals surface area contributed by atoms with Gasteiger partial charge in [0.15, 0.2) is 0 Å². The average molecular weight is 372 g/mol. The van der Waals surface area contributed by atoms with Gasteiger partial charge in [0.25, 0.3) is 0 Å². The SMILES string of the molecule is Cc1ccc(-c2cc3nc(-c4cc(C)cc(C(C)(C)C)c4)ccc3s2)cc1. The van der Waals surface area contributed by atoms with Crippen molar-refractivity contribution in [1.29, 1.82) is 0 Å². The summed E-state index contributed by atoms with van der Waals surface area (Å²) < 4.78 is 1.23. The van der Waals surface area contributed by atoms with E-state index < -0.39 is 0 Å². The number of thiophene rings is 1. The summed E-state index contributed by atoms with van der Waals surface area (Å²) in [5, 5.41) is 0. The van der Waals surface area contributed by atoms with Gasteiger partial charge in [0, 0.05) is 10.4 Å². The minimum absolute atomic E-state index is 0.131. The van der Waals surface area contributed by atoms with Crippen LogP contribution in [-0.2, 0) is 5.41 Å². The van der Waals surface area contributed by atoms with Crippen molar-refractivity contribution in [2.75, 3.05) is 0 Å². The van der Waals surface area contributed by atoms with Crippen LogP contribution in [0.4, 0.5) is 0 Å². The predicted octanol–water partition coefficient (Wildman–Crippen LogP) is 7.54. The van der Waals surface area contributed by atoms with E-state index in [0.717, 1.165) is 11.2 Å². The molecule has 0 saturated heterocycles. The summed E-state index contributed by atoms with van der Waals surface area (Å²) in [6.45, 7) is 11.1. The first-order valence-electron chi connectivity index (χ1n) is 9.40. The van der Waals surface area contributed by atoms with Crippen molar-refractivity contribution < 1.29 is 0 Å². The smallest absolute Gasteiger partial charge is 0.0823 e. The molecule has 0 bridgehead atoms. The molecule has 0 spiro atoms. The van der Waals surface area contributed by atoms with Crippen LogP contribution in [0.2, 0.25) is 0 Å². The van der Waals surface area contributed by atoms with E-state index in [0.29, 0.717) is 0 Å². The predicted molar refractivity (Wildman–Crippen MR) is 119 cm³/mol. The lowest BCUT2D eigenvalue weighted by Crippen LogP contribution is -2.11. The highest BCUT2D eigenvalue weighted by Crippen LogP contribution is 2.35. The summed E-state index contributed by atoms with van der Waals surface area (Å²) in [7, 11) is 0. The molecule has 0 amide bonds. The van der Waals surface area contributed by atoms with Crippen LogP contribution in [0, 0.1) is 13.8 Å². The van der Waals surface area contributed by atoms with Gasteiger partial charge in [0.2, 0.25) is 0 Å². The Hall–Kier alpha value is -2.45. The zero-order valence-electron chi connectivity index (χ0n) is 16.6. The van der Waals surface area contributed by atoms with Crippen molar-refractivity contribution in [3.8, 4) is 21.7 Å². The van der Waals surface area contributed by atoms with E-state index in [9.17, 15) is 0 Å². The molecule has 4 aromatic rings. The minimum atomic E-state index is 0.131. The zero-order valence-corrected chi connectivity index (χ0v) is 17.4. The number of hydrogen-bond acceptors (Lipinski definition) is 2. The molecular weight excluding hydrogens is 346 g/mol. The van der Waals surface area contributed by atoms with Crippen molar-refractivity contribution >= 4 is 21.6 Å². The number of aromatic nitrogens is 1. The number of pyridine rings is 1. The lowest BCUT2D eigenvalue weighted by Gasteiger charge is -2.20. The Morgan fingerprint density at radius 1 is 0.741 bits per heavy atom. The highest BCUT2D eigenvalue weighted by atomic mass is 32.1. The highest BCUT2D eigenvalue weighted by Gasteiger charge is 2.16. The summed E-state index contributed by atoms with van der Waals surface area (Å²) in [5.41, 5.74) is 8.63. The molecule has 0 aliphatic carbocycles. The van der Waals surface area contributed by atoms with Crippen molar-refractivity contribution in [3.63, 3.8) is 0 Å². The molecule has 2 aromatic carbocycles. The molecule has 27 heavy (non-hydrogen) atoms. The largest absolute Gasteiger partial charge is 0.247 e. The number of aryl methyl sites for hydroxylation is 2. The third kappa shape index (κ3) is 3.68. The van der Waals surface area contributed by atoms with Gasteiger partial charge in [-0.15, -0.1) is 11.3 Å². The van der Waals surface area contributed by atoms with Crippen molar-refractivity contribution in [1.82, 2.24) is 4.98 Å². The number of rotatable bonds is 2. The number of nitrogens with zero attached hydrogens (tertiary/aromatic N) is 1. The first-order valence-corrected chi connectivity index (χ1v) is 10.2. The topological polar surface area (TPSA) is 12.9 Å².